The summed E-state index contributed by atoms with van der Waals surface area (Å²) in [7, 11) is 2.16. The van der Waals surface area contributed by atoms with Crippen LogP contribution in [0.4, 0.5) is 5.82 Å². The Labute approximate surface area is 160 Å². The second kappa shape index (κ2) is 8.92. The lowest BCUT2D eigenvalue weighted by Gasteiger charge is -2.36. The molecule has 144 valence electrons. The number of hydrogen-bond donors (Lipinski definition) is 2. The number of amides is 1. The Bertz CT molecular complexity index is 773. The van der Waals surface area contributed by atoms with E-state index in [1.165, 1.54) is 0 Å². The molecule has 0 saturated carbocycles. The number of nitrogens with two attached hydrogens (primary N) is 1. The third-order valence-electron chi connectivity index (χ3n) is 5.07. The van der Waals surface area contributed by atoms with Crippen LogP contribution in [0.5, 0.6) is 0 Å². The summed E-state index contributed by atoms with van der Waals surface area (Å²) in [6, 6.07) is 9.42. The number of carbonyl (C=O) groups excluding carboxylic acids is 1. The van der Waals surface area contributed by atoms with Crippen molar-refractivity contribution < 1.29 is 4.79 Å². The minimum absolute atomic E-state index is 0.0775. The second-order valence-electron chi connectivity index (χ2n) is 7.12. The lowest BCUT2D eigenvalue weighted by Crippen LogP contribution is -2.48. The predicted octanol–water partition coefficient (Wildman–Crippen LogP) is 1.48. The van der Waals surface area contributed by atoms with Gasteiger partial charge in [-0.3, -0.25) is 9.69 Å². The lowest BCUT2D eigenvalue weighted by molar-refractivity contribution is 0.0935. The monoisotopic (exact) mass is 368 g/mol. The first-order chi connectivity index (χ1) is 13.0. The number of benzene rings is 1. The Morgan fingerprint density at radius 3 is 2.78 bits per heavy atom. The van der Waals surface area contributed by atoms with E-state index in [0.29, 0.717) is 29.8 Å². The fourth-order valence-corrected chi connectivity index (χ4v) is 3.25. The van der Waals surface area contributed by atoms with E-state index in [-0.39, 0.29) is 5.91 Å². The zero-order valence-corrected chi connectivity index (χ0v) is 16.1. The maximum atomic E-state index is 12.5. The molecule has 7 nitrogen and oxygen atoms in total. The molecule has 0 spiro atoms. The zero-order valence-electron chi connectivity index (χ0n) is 16.1. The van der Waals surface area contributed by atoms with Gasteiger partial charge < -0.3 is 16.0 Å². The standard InChI is InChI=1S/C20H28N6O/c1-15(26-12-10-25(2)11-13-26)6-8-23-20(27)17-5-3-4-16(14-17)19-22-9-7-18(21)24-19/h3-5,7,9,14-15H,6,8,10-13H2,1-2H3,(H,23,27)(H2,21,22,24)/t15-/m0/s1. The van der Waals surface area contributed by atoms with Gasteiger partial charge in [0.1, 0.15) is 5.82 Å². The van der Waals surface area contributed by atoms with Crippen molar-refractivity contribution in [2.45, 2.75) is 19.4 Å². The minimum Gasteiger partial charge on any atom is -0.384 e. The highest BCUT2D eigenvalue weighted by molar-refractivity contribution is 5.95. The van der Waals surface area contributed by atoms with Gasteiger partial charge in [-0.15, -0.1) is 0 Å². The quantitative estimate of drug-likeness (QED) is 0.803. The Morgan fingerprint density at radius 1 is 1.26 bits per heavy atom. The Hall–Kier alpha value is -2.51. The van der Waals surface area contributed by atoms with E-state index >= 15 is 0 Å². The van der Waals surface area contributed by atoms with E-state index in [2.05, 4.69) is 39.1 Å². The Morgan fingerprint density at radius 2 is 2.04 bits per heavy atom. The van der Waals surface area contributed by atoms with Gasteiger partial charge in [0.25, 0.3) is 5.91 Å². The predicted molar refractivity (Wildman–Crippen MR) is 107 cm³/mol. The average molecular weight is 368 g/mol. The van der Waals surface area contributed by atoms with Gasteiger partial charge in [0.2, 0.25) is 0 Å². The second-order valence-corrected chi connectivity index (χ2v) is 7.12. The van der Waals surface area contributed by atoms with E-state index in [1.807, 2.05) is 12.1 Å². The van der Waals surface area contributed by atoms with Crippen LogP contribution in [-0.2, 0) is 0 Å². The van der Waals surface area contributed by atoms with Crippen molar-refractivity contribution in [1.29, 1.82) is 0 Å². The molecule has 0 bridgehead atoms. The van der Waals surface area contributed by atoms with Crippen molar-refractivity contribution in [1.82, 2.24) is 25.1 Å². The molecule has 1 aliphatic rings. The number of carbonyl (C=O) groups is 1. The first kappa shape index (κ1) is 19.3. The van der Waals surface area contributed by atoms with Crippen LogP contribution in [-0.4, -0.2) is 71.5 Å². The van der Waals surface area contributed by atoms with E-state index in [1.54, 1.807) is 24.4 Å². The topological polar surface area (TPSA) is 87.4 Å². The molecule has 1 saturated heterocycles. The summed E-state index contributed by atoms with van der Waals surface area (Å²) in [5.74, 6) is 0.854. The third-order valence-corrected chi connectivity index (χ3v) is 5.07. The molecule has 1 fully saturated rings. The van der Waals surface area contributed by atoms with Crippen molar-refractivity contribution in [3.05, 3.63) is 42.1 Å². The molecule has 1 aromatic carbocycles. The summed E-state index contributed by atoms with van der Waals surface area (Å²) < 4.78 is 0. The first-order valence-electron chi connectivity index (χ1n) is 9.42. The van der Waals surface area contributed by atoms with Crippen LogP contribution in [0.2, 0.25) is 0 Å². The molecule has 1 aromatic heterocycles. The molecule has 1 atom stereocenters. The van der Waals surface area contributed by atoms with Crippen molar-refractivity contribution >= 4 is 11.7 Å². The van der Waals surface area contributed by atoms with Gasteiger partial charge in [0, 0.05) is 56.1 Å². The van der Waals surface area contributed by atoms with E-state index in [0.717, 1.165) is 38.2 Å². The number of aromatic nitrogens is 2. The van der Waals surface area contributed by atoms with Gasteiger partial charge in [-0.1, -0.05) is 12.1 Å². The van der Waals surface area contributed by atoms with Crippen LogP contribution in [0.3, 0.4) is 0 Å². The number of nitrogen functional groups attached to an aromatic ring is 1. The highest BCUT2D eigenvalue weighted by atomic mass is 16.1. The Kier molecular flexibility index (Phi) is 6.36. The van der Waals surface area contributed by atoms with Crippen LogP contribution in [0.15, 0.2) is 36.5 Å². The summed E-state index contributed by atoms with van der Waals surface area (Å²) in [5, 5.41) is 3.03. The summed E-state index contributed by atoms with van der Waals surface area (Å²) in [4.78, 5) is 25.8. The number of hydrogen-bond acceptors (Lipinski definition) is 6. The fourth-order valence-electron chi connectivity index (χ4n) is 3.25. The first-order valence-corrected chi connectivity index (χ1v) is 9.42. The average Bonchev–Trinajstić information content (AvgIpc) is 2.68. The summed E-state index contributed by atoms with van der Waals surface area (Å²) in [5.41, 5.74) is 7.10. The SMILES string of the molecule is C[C@@H](CCNC(=O)c1cccc(-c2nccc(N)n2)c1)N1CCN(C)CC1. The minimum atomic E-state index is -0.0775. The van der Waals surface area contributed by atoms with E-state index in [4.69, 9.17) is 5.73 Å². The molecule has 3 N–H and O–H groups in total. The van der Waals surface area contributed by atoms with Gasteiger partial charge in [-0.25, -0.2) is 9.97 Å². The summed E-state index contributed by atoms with van der Waals surface area (Å²) in [6.45, 7) is 7.29. The molecule has 1 aliphatic heterocycles. The molecule has 2 heterocycles. The van der Waals surface area contributed by atoms with Crippen molar-refractivity contribution in [2.24, 2.45) is 0 Å². The zero-order chi connectivity index (χ0) is 19.2. The van der Waals surface area contributed by atoms with Gasteiger partial charge >= 0.3 is 0 Å². The third kappa shape index (κ3) is 5.24. The summed E-state index contributed by atoms with van der Waals surface area (Å²) in [6.07, 6.45) is 2.55. The van der Waals surface area contributed by atoms with Gasteiger partial charge in [0.15, 0.2) is 5.82 Å². The fraction of sp³-hybridized carbons (Fsp3) is 0.450. The number of nitrogens with one attached hydrogen (secondary N) is 1. The van der Waals surface area contributed by atoms with Gasteiger partial charge in [-0.05, 0) is 38.6 Å². The van der Waals surface area contributed by atoms with Crippen molar-refractivity contribution in [3.8, 4) is 11.4 Å². The number of piperazine rings is 1. The molecule has 0 radical (unpaired) electrons. The summed E-state index contributed by atoms with van der Waals surface area (Å²) >= 11 is 0. The maximum absolute atomic E-state index is 12.5. The van der Waals surface area contributed by atoms with E-state index < -0.39 is 0 Å². The molecule has 0 unspecified atom stereocenters. The molecule has 27 heavy (non-hydrogen) atoms. The normalized spacial score (nSPS) is 16.8. The van der Waals surface area contributed by atoms with Gasteiger partial charge in [-0.2, -0.15) is 0 Å². The smallest absolute Gasteiger partial charge is 0.251 e. The van der Waals surface area contributed by atoms with Crippen LogP contribution >= 0.6 is 0 Å². The van der Waals surface area contributed by atoms with Crippen LogP contribution in [0, 0.1) is 0 Å². The molecule has 3 rings (SSSR count). The van der Waals surface area contributed by atoms with Gasteiger partial charge in [0.05, 0.1) is 0 Å². The number of nitrogens with zero attached hydrogens (tertiary/aromatic N) is 4. The molecule has 0 aliphatic carbocycles. The number of anilines is 1. The lowest BCUT2D eigenvalue weighted by atomic mass is 10.1. The number of rotatable bonds is 6. The van der Waals surface area contributed by atoms with Crippen LogP contribution in [0.1, 0.15) is 23.7 Å². The molecular weight excluding hydrogens is 340 g/mol. The highest BCUT2D eigenvalue weighted by Gasteiger charge is 2.19. The molecule has 2 aromatic rings. The largest absolute Gasteiger partial charge is 0.384 e. The maximum Gasteiger partial charge on any atom is 0.251 e. The van der Waals surface area contributed by atoms with Crippen LogP contribution < -0.4 is 11.1 Å². The Balaban J connectivity index is 1.53. The van der Waals surface area contributed by atoms with Crippen LogP contribution in [0.25, 0.3) is 11.4 Å². The number of likely N-dealkylation sites (N-methyl/N-ethyl adjacent to an activating group) is 1. The van der Waals surface area contributed by atoms with Crippen molar-refractivity contribution in [2.75, 3.05) is 45.5 Å². The van der Waals surface area contributed by atoms with E-state index in [9.17, 15) is 4.79 Å². The molecule has 1 amide bonds. The molecule has 7 heteroatoms. The molecular formula is C20H28N6O. The highest BCUT2D eigenvalue weighted by Crippen LogP contribution is 2.17. The van der Waals surface area contributed by atoms with Crippen molar-refractivity contribution in [3.63, 3.8) is 0 Å².